The van der Waals surface area contributed by atoms with E-state index in [1.54, 1.807) is 27.4 Å². The summed E-state index contributed by atoms with van der Waals surface area (Å²) < 4.78 is 16.5. The molecule has 126 valence electrons. The van der Waals surface area contributed by atoms with E-state index in [4.69, 9.17) is 14.2 Å². The first-order valence-corrected chi connectivity index (χ1v) is 8.14. The van der Waals surface area contributed by atoms with Crippen LogP contribution in [0.3, 0.4) is 0 Å². The van der Waals surface area contributed by atoms with Crippen molar-refractivity contribution in [2.75, 3.05) is 27.9 Å². The Kier molecular flexibility index (Phi) is 3.42. The summed E-state index contributed by atoms with van der Waals surface area (Å²) in [5.74, 6) is 1.49. The van der Waals surface area contributed by atoms with Crippen LogP contribution in [0.25, 0.3) is 0 Å². The molecule has 0 N–H and O–H groups in total. The monoisotopic (exact) mass is 327 g/mol. The lowest BCUT2D eigenvalue weighted by Crippen LogP contribution is -2.52. The zero-order valence-electron chi connectivity index (χ0n) is 14.2. The molecule has 0 bridgehead atoms. The quantitative estimate of drug-likeness (QED) is 0.854. The number of hydrogen-bond donors (Lipinski definition) is 0. The third-order valence-corrected chi connectivity index (χ3v) is 5.43. The number of benzene rings is 1. The van der Waals surface area contributed by atoms with Gasteiger partial charge in [0.1, 0.15) is 0 Å². The first-order chi connectivity index (χ1) is 11.6. The third-order valence-electron chi connectivity index (χ3n) is 5.43. The average Bonchev–Trinajstić information content (AvgIpc) is 2.91. The van der Waals surface area contributed by atoms with Crippen molar-refractivity contribution >= 4 is 5.91 Å². The van der Waals surface area contributed by atoms with Gasteiger partial charge in [-0.25, -0.2) is 0 Å². The number of fused-ring (bicyclic) bond motifs is 1. The Morgan fingerprint density at radius 3 is 2.62 bits per heavy atom. The molecule has 0 saturated carbocycles. The molecule has 3 aliphatic rings. The summed E-state index contributed by atoms with van der Waals surface area (Å²) in [5.41, 5.74) is 2.90. The van der Waals surface area contributed by atoms with E-state index in [0.717, 1.165) is 29.7 Å². The van der Waals surface area contributed by atoms with Crippen molar-refractivity contribution in [3.05, 3.63) is 47.1 Å². The zero-order valence-corrected chi connectivity index (χ0v) is 14.2. The normalized spacial score (nSPS) is 27.3. The Hall–Kier alpha value is -2.27. The molecule has 1 amide bonds. The molecule has 5 nitrogen and oxygen atoms in total. The maximum atomic E-state index is 12.6. The maximum Gasteiger partial charge on any atom is 0.247 e. The van der Waals surface area contributed by atoms with E-state index >= 15 is 0 Å². The maximum absolute atomic E-state index is 12.6. The van der Waals surface area contributed by atoms with E-state index < -0.39 is 5.54 Å². The van der Waals surface area contributed by atoms with Gasteiger partial charge in [0, 0.05) is 26.2 Å². The highest BCUT2D eigenvalue weighted by Gasteiger charge is 2.53. The second kappa shape index (κ2) is 5.38. The molecule has 2 unspecified atom stereocenters. The van der Waals surface area contributed by atoms with Crippen LogP contribution in [0, 0.1) is 0 Å². The SMILES string of the molecule is COc1cc2c(cc1OC)C13CC(OC)C=CC1=CC(=O)N3CC2. The predicted molar refractivity (Wildman–Crippen MR) is 89.3 cm³/mol. The number of amides is 1. The van der Waals surface area contributed by atoms with Crippen LogP contribution in [-0.4, -0.2) is 44.8 Å². The van der Waals surface area contributed by atoms with Crippen LogP contribution in [0.4, 0.5) is 0 Å². The van der Waals surface area contributed by atoms with Gasteiger partial charge in [0.05, 0.1) is 25.9 Å². The van der Waals surface area contributed by atoms with Gasteiger partial charge in [-0.2, -0.15) is 0 Å². The van der Waals surface area contributed by atoms with Gasteiger partial charge in [-0.3, -0.25) is 4.79 Å². The average molecular weight is 327 g/mol. The molecular weight excluding hydrogens is 306 g/mol. The minimum absolute atomic E-state index is 0.0189. The lowest BCUT2D eigenvalue weighted by Gasteiger charge is -2.48. The molecule has 0 radical (unpaired) electrons. The van der Waals surface area contributed by atoms with Gasteiger partial charge in [-0.05, 0) is 35.3 Å². The van der Waals surface area contributed by atoms with Gasteiger partial charge in [0.2, 0.25) is 5.91 Å². The molecular formula is C19H21NO4. The molecule has 2 heterocycles. The molecule has 1 spiro atoms. The summed E-state index contributed by atoms with van der Waals surface area (Å²) in [6.45, 7) is 0.700. The third kappa shape index (κ3) is 1.88. The Morgan fingerprint density at radius 1 is 1.17 bits per heavy atom. The van der Waals surface area contributed by atoms with E-state index in [1.165, 1.54) is 5.56 Å². The zero-order chi connectivity index (χ0) is 16.9. The summed E-state index contributed by atoms with van der Waals surface area (Å²) in [5, 5.41) is 0. The number of carbonyl (C=O) groups excluding carboxylic acids is 1. The van der Waals surface area contributed by atoms with Crippen molar-refractivity contribution in [1.82, 2.24) is 4.90 Å². The fourth-order valence-electron chi connectivity index (χ4n) is 4.28. The Morgan fingerprint density at radius 2 is 1.92 bits per heavy atom. The van der Waals surface area contributed by atoms with E-state index in [-0.39, 0.29) is 12.0 Å². The predicted octanol–water partition coefficient (Wildman–Crippen LogP) is 2.20. The van der Waals surface area contributed by atoms with Crippen LogP contribution in [0.5, 0.6) is 11.5 Å². The van der Waals surface area contributed by atoms with E-state index in [2.05, 4.69) is 0 Å². The molecule has 5 heteroatoms. The summed E-state index contributed by atoms with van der Waals surface area (Å²) >= 11 is 0. The van der Waals surface area contributed by atoms with Crippen molar-refractivity contribution in [1.29, 1.82) is 0 Å². The summed E-state index contributed by atoms with van der Waals surface area (Å²) in [6.07, 6.45) is 7.33. The lowest BCUT2D eigenvalue weighted by molar-refractivity contribution is -0.130. The van der Waals surface area contributed by atoms with E-state index in [9.17, 15) is 4.79 Å². The summed E-state index contributed by atoms with van der Waals surface area (Å²) in [6, 6.07) is 4.07. The van der Waals surface area contributed by atoms with Gasteiger partial charge in [-0.15, -0.1) is 0 Å². The van der Waals surface area contributed by atoms with Crippen LogP contribution in [0.15, 0.2) is 35.9 Å². The van der Waals surface area contributed by atoms with Crippen LogP contribution < -0.4 is 9.47 Å². The Labute approximate surface area is 141 Å². The largest absolute Gasteiger partial charge is 0.493 e. The number of ether oxygens (including phenoxy) is 3. The molecule has 1 aromatic rings. The van der Waals surface area contributed by atoms with E-state index in [0.29, 0.717) is 12.3 Å². The first-order valence-electron chi connectivity index (χ1n) is 8.14. The van der Waals surface area contributed by atoms with Crippen LogP contribution in [-0.2, 0) is 21.5 Å². The molecule has 1 aromatic carbocycles. The molecule has 4 rings (SSSR count). The van der Waals surface area contributed by atoms with Gasteiger partial charge in [0.25, 0.3) is 0 Å². The van der Waals surface area contributed by atoms with Crippen LogP contribution >= 0.6 is 0 Å². The molecule has 0 aromatic heterocycles. The van der Waals surface area contributed by atoms with Crippen molar-refractivity contribution in [3.63, 3.8) is 0 Å². The second-order valence-electron chi connectivity index (χ2n) is 6.40. The van der Waals surface area contributed by atoms with Crippen molar-refractivity contribution in [3.8, 4) is 11.5 Å². The highest BCUT2D eigenvalue weighted by atomic mass is 16.5. The van der Waals surface area contributed by atoms with Gasteiger partial charge in [0.15, 0.2) is 11.5 Å². The highest BCUT2D eigenvalue weighted by Crippen LogP contribution is 2.52. The molecule has 0 fully saturated rings. The fraction of sp³-hybridized carbons (Fsp3) is 0.421. The molecule has 2 aliphatic heterocycles. The number of hydrogen-bond acceptors (Lipinski definition) is 4. The highest BCUT2D eigenvalue weighted by molar-refractivity contribution is 5.95. The standard InChI is InChI=1S/C19H21NO4/c1-22-14-5-4-13-9-18(21)20-7-6-12-8-16(23-2)17(24-3)10-15(12)19(13,20)11-14/h4-5,8-10,14H,6-7,11H2,1-3H3. The summed E-state index contributed by atoms with van der Waals surface area (Å²) in [7, 11) is 4.99. The molecule has 24 heavy (non-hydrogen) atoms. The lowest BCUT2D eigenvalue weighted by atomic mass is 9.71. The number of nitrogens with zero attached hydrogens (tertiary/aromatic N) is 1. The Bertz CT molecular complexity index is 767. The minimum atomic E-state index is -0.459. The van der Waals surface area contributed by atoms with Crippen molar-refractivity contribution in [2.24, 2.45) is 0 Å². The molecule has 1 aliphatic carbocycles. The van der Waals surface area contributed by atoms with Crippen LogP contribution in [0.1, 0.15) is 17.5 Å². The summed E-state index contributed by atoms with van der Waals surface area (Å²) in [4.78, 5) is 14.5. The van der Waals surface area contributed by atoms with E-state index in [1.807, 2.05) is 29.2 Å². The van der Waals surface area contributed by atoms with Crippen molar-refractivity contribution < 1.29 is 19.0 Å². The first kappa shape index (κ1) is 15.3. The molecule has 2 atom stereocenters. The van der Waals surface area contributed by atoms with Crippen molar-refractivity contribution in [2.45, 2.75) is 24.5 Å². The number of rotatable bonds is 3. The molecule has 0 saturated heterocycles. The topological polar surface area (TPSA) is 48.0 Å². The smallest absolute Gasteiger partial charge is 0.247 e. The Balaban J connectivity index is 1.94. The van der Waals surface area contributed by atoms with Crippen LogP contribution in [0.2, 0.25) is 0 Å². The van der Waals surface area contributed by atoms with Gasteiger partial charge >= 0.3 is 0 Å². The fourth-order valence-corrected chi connectivity index (χ4v) is 4.28. The second-order valence-corrected chi connectivity index (χ2v) is 6.40. The number of methoxy groups -OCH3 is 3. The minimum Gasteiger partial charge on any atom is -0.493 e. The van der Waals surface area contributed by atoms with Gasteiger partial charge < -0.3 is 19.1 Å². The van der Waals surface area contributed by atoms with Gasteiger partial charge in [-0.1, -0.05) is 12.2 Å². The number of carbonyl (C=O) groups is 1.